The summed E-state index contributed by atoms with van der Waals surface area (Å²) in [6.07, 6.45) is 0.506. The Bertz CT molecular complexity index is 759. The highest BCUT2D eigenvalue weighted by atomic mass is 16.5. The summed E-state index contributed by atoms with van der Waals surface area (Å²) in [4.78, 5) is 14.4. The van der Waals surface area contributed by atoms with Crippen LogP contribution < -0.4 is 4.74 Å². The second-order valence-corrected chi connectivity index (χ2v) is 6.89. The Labute approximate surface area is 154 Å². The SMILES string of the molecule is COCc1ccc(C(=O)N2CCC(O)(COc3ccccc3C)C2)cc1. The van der Waals surface area contributed by atoms with Gasteiger partial charge in [0.05, 0.1) is 13.2 Å². The second kappa shape index (κ2) is 7.89. The van der Waals surface area contributed by atoms with Crippen molar-refractivity contribution in [3.8, 4) is 5.75 Å². The van der Waals surface area contributed by atoms with Crippen molar-refractivity contribution in [3.05, 3.63) is 65.2 Å². The smallest absolute Gasteiger partial charge is 0.253 e. The molecule has 138 valence electrons. The zero-order valence-corrected chi connectivity index (χ0v) is 15.3. The van der Waals surface area contributed by atoms with Crippen LogP contribution >= 0.6 is 0 Å². The number of aliphatic hydroxyl groups is 1. The molecule has 2 aromatic rings. The molecule has 26 heavy (non-hydrogen) atoms. The van der Waals surface area contributed by atoms with Gasteiger partial charge < -0.3 is 19.5 Å². The number of amides is 1. The van der Waals surface area contributed by atoms with Gasteiger partial charge in [-0.15, -0.1) is 0 Å². The summed E-state index contributed by atoms with van der Waals surface area (Å²) in [6.45, 7) is 3.46. The summed E-state index contributed by atoms with van der Waals surface area (Å²) in [5.41, 5.74) is 1.65. The molecule has 0 bridgehead atoms. The lowest BCUT2D eigenvalue weighted by molar-refractivity contribution is 0.00413. The highest BCUT2D eigenvalue weighted by molar-refractivity contribution is 5.94. The molecule has 1 aliphatic rings. The van der Waals surface area contributed by atoms with E-state index >= 15 is 0 Å². The van der Waals surface area contributed by atoms with Gasteiger partial charge in [-0.25, -0.2) is 0 Å². The number of rotatable bonds is 6. The van der Waals surface area contributed by atoms with Gasteiger partial charge in [0.1, 0.15) is 18.0 Å². The van der Waals surface area contributed by atoms with Crippen molar-refractivity contribution in [1.82, 2.24) is 4.90 Å². The van der Waals surface area contributed by atoms with Crippen LogP contribution in [-0.2, 0) is 11.3 Å². The van der Waals surface area contributed by atoms with E-state index in [0.717, 1.165) is 16.9 Å². The molecule has 1 N–H and O–H groups in total. The number of para-hydroxylation sites is 1. The summed E-state index contributed by atoms with van der Waals surface area (Å²) in [6, 6.07) is 15.1. The maximum absolute atomic E-state index is 12.7. The van der Waals surface area contributed by atoms with Crippen LogP contribution in [0.15, 0.2) is 48.5 Å². The maximum Gasteiger partial charge on any atom is 0.253 e. The molecule has 3 rings (SSSR count). The third-order valence-electron chi connectivity index (χ3n) is 4.72. The zero-order chi connectivity index (χ0) is 18.6. The van der Waals surface area contributed by atoms with Gasteiger partial charge in [-0.05, 0) is 42.7 Å². The molecule has 1 amide bonds. The first-order valence-electron chi connectivity index (χ1n) is 8.79. The van der Waals surface area contributed by atoms with Crippen molar-refractivity contribution < 1.29 is 19.4 Å². The number of aryl methyl sites for hydroxylation is 1. The number of benzene rings is 2. The Balaban J connectivity index is 1.59. The van der Waals surface area contributed by atoms with Crippen molar-refractivity contribution in [2.24, 2.45) is 0 Å². The summed E-state index contributed by atoms with van der Waals surface area (Å²) in [5, 5.41) is 10.8. The Morgan fingerprint density at radius 1 is 1.19 bits per heavy atom. The molecule has 0 spiro atoms. The van der Waals surface area contributed by atoms with Gasteiger partial charge in [-0.3, -0.25) is 4.79 Å². The van der Waals surface area contributed by atoms with Crippen molar-refractivity contribution in [2.75, 3.05) is 26.8 Å². The average molecular weight is 355 g/mol. The average Bonchev–Trinajstić information content (AvgIpc) is 3.04. The molecular formula is C21H25NO4. The minimum atomic E-state index is -1.02. The first-order valence-corrected chi connectivity index (χ1v) is 8.79. The zero-order valence-electron chi connectivity index (χ0n) is 15.3. The van der Waals surface area contributed by atoms with E-state index < -0.39 is 5.60 Å². The first kappa shape index (κ1) is 18.4. The van der Waals surface area contributed by atoms with Crippen molar-refractivity contribution >= 4 is 5.91 Å². The number of likely N-dealkylation sites (tertiary alicyclic amines) is 1. The van der Waals surface area contributed by atoms with E-state index in [4.69, 9.17) is 9.47 Å². The fraction of sp³-hybridized carbons (Fsp3) is 0.381. The maximum atomic E-state index is 12.7. The van der Waals surface area contributed by atoms with Crippen LogP contribution in [0.4, 0.5) is 0 Å². The van der Waals surface area contributed by atoms with E-state index in [2.05, 4.69) is 0 Å². The third-order valence-corrected chi connectivity index (χ3v) is 4.72. The van der Waals surface area contributed by atoms with Gasteiger partial charge in [0, 0.05) is 19.2 Å². The van der Waals surface area contributed by atoms with Gasteiger partial charge in [0.15, 0.2) is 0 Å². The molecular weight excluding hydrogens is 330 g/mol. The van der Waals surface area contributed by atoms with E-state index in [0.29, 0.717) is 25.1 Å². The number of nitrogens with zero attached hydrogens (tertiary/aromatic N) is 1. The van der Waals surface area contributed by atoms with Crippen molar-refractivity contribution in [2.45, 2.75) is 25.6 Å². The molecule has 1 saturated heterocycles. The van der Waals surface area contributed by atoms with Gasteiger partial charge in [-0.1, -0.05) is 30.3 Å². The molecule has 0 aliphatic carbocycles. The highest BCUT2D eigenvalue weighted by Gasteiger charge is 2.39. The number of hydrogen-bond donors (Lipinski definition) is 1. The van der Waals surface area contributed by atoms with E-state index in [-0.39, 0.29) is 19.1 Å². The van der Waals surface area contributed by atoms with Crippen LogP contribution in [0.3, 0.4) is 0 Å². The summed E-state index contributed by atoms with van der Waals surface area (Å²) in [7, 11) is 1.64. The normalized spacial score (nSPS) is 19.6. The van der Waals surface area contributed by atoms with Crippen molar-refractivity contribution in [3.63, 3.8) is 0 Å². The largest absolute Gasteiger partial charge is 0.490 e. The molecule has 0 saturated carbocycles. The van der Waals surface area contributed by atoms with Crippen LogP contribution in [0.5, 0.6) is 5.75 Å². The second-order valence-electron chi connectivity index (χ2n) is 6.89. The van der Waals surface area contributed by atoms with Crippen LogP contribution in [0, 0.1) is 6.92 Å². The topological polar surface area (TPSA) is 59.0 Å². The first-order chi connectivity index (χ1) is 12.5. The fourth-order valence-corrected chi connectivity index (χ4v) is 3.17. The van der Waals surface area contributed by atoms with Crippen LogP contribution in [0.25, 0.3) is 0 Å². The lowest BCUT2D eigenvalue weighted by Gasteiger charge is -2.24. The Morgan fingerprint density at radius 2 is 1.92 bits per heavy atom. The molecule has 0 aromatic heterocycles. The minimum absolute atomic E-state index is 0.0687. The standard InChI is InChI=1S/C21H25NO4/c1-16-5-3-4-6-19(16)26-15-21(24)11-12-22(14-21)20(23)18-9-7-17(8-10-18)13-25-2/h3-10,24H,11-15H2,1-2H3. The Hall–Kier alpha value is -2.37. The predicted octanol–water partition coefficient (Wildman–Crippen LogP) is 2.80. The molecule has 5 heteroatoms. The number of carbonyl (C=O) groups is 1. The molecule has 1 unspecified atom stereocenters. The lowest BCUT2D eigenvalue weighted by atomic mass is 10.1. The molecule has 0 radical (unpaired) electrons. The quantitative estimate of drug-likeness (QED) is 0.866. The summed E-state index contributed by atoms with van der Waals surface area (Å²) in [5.74, 6) is 0.695. The Kier molecular flexibility index (Phi) is 5.59. The van der Waals surface area contributed by atoms with Crippen LogP contribution in [0.1, 0.15) is 27.9 Å². The molecule has 1 aliphatic heterocycles. The summed E-state index contributed by atoms with van der Waals surface area (Å²) >= 11 is 0. The lowest BCUT2D eigenvalue weighted by Crippen LogP contribution is -2.40. The van der Waals surface area contributed by atoms with E-state index in [1.807, 2.05) is 43.3 Å². The third kappa shape index (κ3) is 4.23. The highest BCUT2D eigenvalue weighted by Crippen LogP contribution is 2.25. The van der Waals surface area contributed by atoms with Crippen molar-refractivity contribution in [1.29, 1.82) is 0 Å². The van der Waals surface area contributed by atoms with Gasteiger partial charge in [0.2, 0.25) is 0 Å². The molecule has 5 nitrogen and oxygen atoms in total. The molecule has 2 aromatic carbocycles. The van der Waals surface area contributed by atoms with E-state index in [9.17, 15) is 9.90 Å². The van der Waals surface area contributed by atoms with Crippen LogP contribution in [-0.4, -0.2) is 48.3 Å². The number of carbonyl (C=O) groups excluding carboxylic acids is 1. The van der Waals surface area contributed by atoms with Gasteiger partial charge >= 0.3 is 0 Å². The molecule has 1 atom stereocenters. The molecule has 1 heterocycles. The fourth-order valence-electron chi connectivity index (χ4n) is 3.17. The number of hydrogen-bond acceptors (Lipinski definition) is 4. The predicted molar refractivity (Wildman–Crippen MR) is 99.3 cm³/mol. The monoisotopic (exact) mass is 355 g/mol. The number of methoxy groups -OCH3 is 1. The number of β-amino-alcohol motifs (C(OH)–C–C–N with tert-alkyl or cyclic N) is 1. The van der Waals surface area contributed by atoms with Gasteiger partial charge in [-0.2, -0.15) is 0 Å². The number of ether oxygens (including phenoxy) is 2. The van der Waals surface area contributed by atoms with E-state index in [1.54, 1.807) is 24.1 Å². The minimum Gasteiger partial charge on any atom is -0.490 e. The molecule has 1 fully saturated rings. The van der Waals surface area contributed by atoms with Crippen LogP contribution in [0.2, 0.25) is 0 Å². The summed E-state index contributed by atoms with van der Waals surface area (Å²) < 4.78 is 10.9. The van der Waals surface area contributed by atoms with Gasteiger partial charge in [0.25, 0.3) is 5.91 Å². The Morgan fingerprint density at radius 3 is 2.62 bits per heavy atom. The van der Waals surface area contributed by atoms with E-state index in [1.165, 1.54) is 0 Å².